The highest BCUT2D eigenvalue weighted by Gasteiger charge is 2.02. The van der Waals surface area contributed by atoms with Gasteiger partial charge in [-0.25, -0.2) is 0 Å². The average Bonchev–Trinajstić information content (AvgIpc) is 2.31. The van der Waals surface area contributed by atoms with Crippen molar-refractivity contribution >= 4 is 0 Å². The third-order valence-electron chi connectivity index (χ3n) is 3.53. The summed E-state index contributed by atoms with van der Waals surface area (Å²) in [7, 11) is 0. The predicted molar refractivity (Wildman–Crippen MR) is 80.4 cm³/mol. The summed E-state index contributed by atoms with van der Waals surface area (Å²) < 4.78 is 0. The van der Waals surface area contributed by atoms with Crippen molar-refractivity contribution in [2.24, 2.45) is 5.92 Å². The molecule has 17 heavy (non-hydrogen) atoms. The van der Waals surface area contributed by atoms with Crippen molar-refractivity contribution in [2.45, 2.75) is 91.9 Å². The van der Waals surface area contributed by atoms with Crippen molar-refractivity contribution < 1.29 is 0 Å². The van der Waals surface area contributed by atoms with Crippen molar-refractivity contribution in [1.82, 2.24) is 0 Å². The van der Waals surface area contributed by atoms with Crippen LogP contribution in [0.1, 0.15) is 91.9 Å². The van der Waals surface area contributed by atoms with Crippen molar-refractivity contribution in [3.8, 4) is 0 Å². The van der Waals surface area contributed by atoms with E-state index in [1.54, 1.807) is 5.57 Å². The Hall–Kier alpha value is -0.260. The molecule has 0 N–H and O–H groups in total. The Bertz CT molecular complexity index is 176. The van der Waals surface area contributed by atoms with E-state index in [-0.39, 0.29) is 0 Å². The highest BCUT2D eigenvalue weighted by Crippen LogP contribution is 2.19. The Balaban J connectivity index is 3.40. The topological polar surface area (TPSA) is 0 Å². The van der Waals surface area contributed by atoms with E-state index < -0.39 is 0 Å². The first-order chi connectivity index (χ1) is 8.22. The zero-order valence-electron chi connectivity index (χ0n) is 12.7. The van der Waals surface area contributed by atoms with E-state index in [1.165, 1.54) is 64.2 Å². The third kappa shape index (κ3) is 10.6. The molecule has 0 nitrogen and oxygen atoms in total. The SMILES string of the molecule is CC/C=C(/CCCCCCCCCC)C(C)C. The van der Waals surface area contributed by atoms with Gasteiger partial charge in [-0.15, -0.1) is 0 Å². The van der Waals surface area contributed by atoms with E-state index in [1.807, 2.05) is 0 Å². The Morgan fingerprint density at radius 1 is 0.824 bits per heavy atom. The van der Waals surface area contributed by atoms with Crippen LogP contribution in [-0.4, -0.2) is 0 Å². The molecule has 0 unspecified atom stereocenters. The second-order valence-electron chi connectivity index (χ2n) is 5.57. The zero-order valence-corrected chi connectivity index (χ0v) is 12.7. The summed E-state index contributed by atoms with van der Waals surface area (Å²) in [5.41, 5.74) is 1.68. The molecule has 0 heteroatoms. The van der Waals surface area contributed by atoms with Gasteiger partial charge in [0.2, 0.25) is 0 Å². The molecule has 0 aromatic heterocycles. The number of rotatable bonds is 11. The molecule has 0 radical (unpaired) electrons. The van der Waals surface area contributed by atoms with Gasteiger partial charge in [0.25, 0.3) is 0 Å². The third-order valence-corrected chi connectivity index (χ3v) is 3.53. The van der Waals surface area contributed by atoms with Gasteiger partial charge in [-0.1, -0.05) is 84.3 Å². The summed E-state index contributed by atoms with van der Waals surface area (Å²) in [5, 5.41) is 0. The minimum Gasteiger partial charge on any atom is -0.0853 e. The molecule has 0 aliphatic heterocycles. The largest absolute Gasteiger partial charge is 0.0853 e. The number of hydrogen-bond acceptors (Lipinski definition) is 0. The normalized spacial score (nSPS) is 12.4. The molecule has 0 bridgehead atoms. The van der Waals surface area contributed by atoms with Gasteiger partial charge in [-0.05, 0) is 25.2 Å². The quantitative estimate of drug-likeness (QED) is 0.284. The van der Waals surface area contributed by atoms with E-state index in [0.717, 1.165) is 5.92 Å². The molecule has 0 fully saturated rings. The molecule has 0 aliphatic carbocycles. The van der Waals surface area contributed by atoms with Crippen molar-refractivity contribution in [2.75, 3.05) is 0 Å². The van der Waals surface area contributed by atoms with Crippen LogP contribution in [0.3, 0.4) is 0 Å². The summed E-state index contributed by atoms with van der Waals surface area (Å²) in [6.07, 6.45) is 16.4. The molecule has 102 valence electrons. The first-order valence-corrected chi connectivity index (χ1v) is 7.91. The molecule has 0 aromatic carbocycles. The highest BCUT2D eigenvalue weighted by molar-refractivity contribution is 5.04. The Labute approximate surface area is 110 Å². The van der Waals surface area contributed by atoms with Gasteiger partial charge in [-0.3, -0.25) is 0 Å². The average molecular weight is 238 g/mol. The van der Waals surface area contributed by atoms with Gasteiger partial charge in [-0.2, -0.15) is 0 Å². The smallest absolute Gasteiger partial charge is 0.0260 e. The van der Waals surface area contributed by atoms with E-state index in [4.69, 9.17) is 0 Å². The fourth-order valence-corrected chi connectivity index (χ4v) is 2.35. The van der Waals surface area contributed by atoms with Crippen molar-refractivity contribution in [3.05, 3.63) is 11.6 Å². The molecule has 0 amide bonds. The van der Waals surface area contributed by atoms with Crippen LogP contribution in [-0.2, 0) is 0 Å². The standard InChI is InChI=1S/C17H34/c1-5-7-8-9-10-11-12-13-15-17(14-6-2)16(3)4/h14,16H,5-13,15H2,1-4H3/b17-14-. The van der Waals surface area contributed by atoms with Crippen LogP contribution in [0.25, 0.3) is 0 Å². The van der Waals surface area contributed by atoms with E-state index >= 15 is 0 Å². The molecule has 0 rings (SSSR count). The summed E-state index contributed by atoms with van der Waals surface area (Å²) >= 11 is 0. The molecule has 0 spiro atoms. The molecular formula is C17H34. The molecule has 0 aromatic rings. The number of allylic oxidation sites excluding steroid dienone is 2. The summed E-state index contributed by atoms with van der Waals surface area (Å²) in [4.78, 5) is 0. The fourth-order valence-electron chi connectivity index (χ4n) is 2.35. The Morgan fingerprint density at radius 3 is 1.82 bits per heavy atom. The predicted octanol–water partition coefficient (Wildman–Crippen LogP) is 6.51. The van der Waals surface area contributed by atoms with E-state index in [2.05, 4.69) is 33.8 Å². The van der Waals surface area contributed by atoms with Gasteiger partial charge in [0, 0.05) is 0 Å². The maximum absolute atomic E-state index is 2.44. The highest BCUT2D eigenvalue weighted by atomic mass is 14.1. The lowest BCUT2D eigenvalue weighted by molar-refractivity contribution is 0.565. The number of unbranched alkanes of at least 4 members (excludes halogenated alkanes) is 7. The minimum atomic E-state index is 0.750. The van der Waals surface area contributed by atoms with Gasteiger partial charge in [0.1, 0.15) is 0 Å². The zero-order chi connectivity index (χ0) is 12.9. The van der Waals surface area contributed by atoms with Crippen LogP contribution in [0.2, 0.25) is 0 Å². The molecule has 0 aliphatic rings. The second kappa shape index (κ2) is 12.2. The summed E-state index contributed by atoms with van der Waals surface area (Å²) in [6, 6.07) is 0. The second-order valence-corrected chi connectivity index (χ2v) is 5.57. The van der Waals surface area contributed by atoms with Crippen LogP contribution in [0.5, 0.6) is 0 Å². The molecule has 0 saturated heterocycles. The molecule has 0 saturated carbocycles. The van der Waals surface area contributed by atoms with Gasteiger partial charge in [0.15, 0.2) is 0 Å². The Kier molecular flexibility index (Phi) is 12.0. The van der Waals surface area contributed by atoms with Crippen LogP contribution in [0.15, 0.2) is 11.6 Å². The summed E-state index contributed by atoms with van der Waals surface area (Å²) in [5.74, 6) is 0.750. The van der Waals surface area contributed by atoms with Crippen molar-refractivity contribution in [1.29, 1.82) is 0 Å². The van der Waals surface area contributed by atoms with Crippen LogP contribution in [0.4, 0.5) is 0 Å². The molecule has 0 heterocycles. The fraction of sp³-hybridized carbons (Fsp3) is 0.882. The minimum absolute atomic E-state index is 0.750. The number of hydrogen-bond donors (Lipinski definition) is 0. The van der Waals surface area contributed by atoms with Crippen molar-refractivity contribution in [3.63, 3.8) is 0 Å². The van der Waals surface area contributed by atoms with E-state index in [0.29, 0.717) is 0 Å². The maximum atomic E-state index is 2.44. The first kappa shape index (κ1) is 16.7. The molecular weight excluding hydrogens is 204 g/mol. The van der Waals surface area contributed by atoms with Gasteiger partial charge >= 0.3 is 0 Å². The first-order valence-electron chi connectivity index (χ1n) is 7.91. The maximum Gasteiger partial charge on any atom is -0.0260 e. The monoisotopic (exact) mass is 238 g/mol. The van der Waals surface area contributed by atoms with Crippen LogP contribution < -0.4 is 0 Å². The Morgan fingerprint density at radius 2 is 1.35 bits per heavy atom. The molecule has 0 atom stereocenters. The van der Waals surface area contributed by atoms with Gasteiger partial charge < -0.3 is 0 Å². The van der Waals surface area contributed by atoms with Gasteiger partial charge in [0.05, 0.1) is 0 Å². The van der Waals surface area contributed by atoms with E-state index in [9.17, 15) is 0 Å². The lowest BCUT2D eigenvalue weighted by atomic mass is 9.95. The van der Waals surface area contributed by atoms with Crippen LogP contribution in [0, 0.1) is 5.92 Å². The van der Waals surface area contributed by atoms with Crippen LogP contribution >= 0.6 is 0 Å². The lowest BCUT2D eigenvalue weighted by Crippen LogP contribution is -1.94. The lowest BCUT2D eigenvalue weighted by Gasteiger charge is -2.11. The summed E-state index contributed by atoms with van der Waals surface area (Å²) in [6.45, 7) is 9.18.